The van der Waals surface area contributed by atoms with Crippen LogP contribution in [0.2, 0.25) is 0 Å². The molecule has 0 aliphatic heterocycles. The first-order valence-corrected chi connectivity index (χ1v) is 5.63. The first-order chi connectivity index (χ1) is 7.72. The van der Waals surface area contributed by atoms with Gasteiger partial charge in [0.25, 0.3) is 0 Å². The predicted octanol–water partition coefficient (Wildman–Crippen LogP) is 0.00460. The highest BCUT2D eigenvalue weighted by Gasteiger charge is 2.21. The van der Waals surface area contributed by atoms with Gasteiger partial charge in [-0.15, -0.1) is 0 Å². The van der Waals surface area contributed by atoms with Crippen LogP contribution in [-0.2, 0) is 18.2 Å². The molecule has 2 atom stereocenters. The maximum Gasteiger partial charge on any atom is 0.138 e. The molecule has 1 aromatic rings. The summed E-state index contributed by atoms with van der Waals surface area (Å²) in [5.74, 6) is 6.46. The van der Waals surface area contributed by atoms with Gasteiger partial charge >= 0.3 is 0 Å². The van der Waals surface area contributed by atoms with Crippen LogP contribution in [0, 0.1) is 0 Å². The van der Waals surface area contributed by atoms with Crippen molar-refractivity contribution in [3.05, 3.63) is 12.2 Å². The molecule has 0 amide bonds. The Labute approximate surface area is 96.2 Å². The minimum atomic E-state index is 0.0628. The summed E-state index contributed by atoms with van der Waals surface area (Å²) in [6.07, 6.45) is 3.28. The molecule has 0 aromatic carbocycles. The Kier molecular flexibility index (Phi) is 5.37. The van der Waals surface area contributed by atoms with Gasteiger partial charge in [-0.05, 0) is 13.3 Å². The van der Waals surface area contributed by atoms with Gasteiger partial charge in [0.15, 0.2) is 0 Å². The molecule has 6 nitrogen and oxygen atoms in total. The molecule has 16 heavy (non-hydrogen) atoms. The molecule has 0 aliphatic carbocycles. The van der Waals surface area contributed by atoms with E-state index in [1.807, 2.05) is 14.0 Å². The van der Waals surface area contributed by atoms with Crippen LogP contribution in [0.25, 0.3) is 0 Å². The summed E-state index contributed by atoms with van der Waals surface area (Å²) in [5.41, 5.74) is 2.80. The Hall–Kier alpha value is -0.980. The molecule has 0 spiro atoms. The summed E-state index contributed by atoms with van der Waals surface area (Å²) in [7, 11) is 1.87. The van der Waals surface area contributed by atoms with Gasteiger partial charge in [0.1, 0.15) is 12.2 Å². The summed E-state index contributed by atoms with van der Waals surface area (Å²) < 4.78 is 7.39. The van der Waals surface area contributed by atoms with Crippen molar-refractivity contribution in [1.29, 1.82) is 0 Å². The lowest BCUT2D eigenvalue weighted by Crippen LogP contribution is -2.46. The third-order valence-corrected chi connectivity index (χ3v) is 2.65. The lowest BCUT2D eigenvalue weighted by atomic mass is 10.1. The van der Waals surface area contributed by atoms with E-state index in [1.54, 1.807) is 11.0 Å². The molecule has 1 aromatic heterocycles. The van der Waals surface area contributed by atoms with Crippen molar-refractivity contribution in [3.63, 3.8) is 0 Å². The monoisotopic (exact) mass is 227 g/mol. The van der Waals surface area contributed by atoms with Gasteiger partial charge in [0, 0.05) is 20.1 Å². The lowest BCUT2D eigenvalue weighted by molar-refractivity contribution is 0.0312. The molecule has 0 aliphatic rings. The number of hydrogen-bond acceptors (Lipinski definition) is 5. The molecule has 2 unspecified atom stereocenters. The molecule has 0 radical (unpaired) electrons. The fourth-order valence-electron chi connectivity index (χ4n) is 1.73. The van der Waals surface area contributed by atoms with Crippen LogP contribution >= 0.6 is 0 Å². The number of hydrogen-bond donors (Lipinski definition) is 2. The van der Waals surface area contributed by atoms with Crippen LogP contribution in [0.4, 0.5) is 0 Å². The number of ether oxygens (including phenoxy) is 1. The van der Waals surface area contributed by atoms with E-state index in [-0.39, 0.29) is 12.1 Å². The van der Waals surface area contributed by atoms with Crippen molar-refractivity contribution in [2.24, 2.45) is 12.9 Å². The molecule has 3 N–H and O–H groups in total. The van der Waals surface area contributed by atoms with Gasteiger partial charge in [-0.25, -0.2) is 4.98 Å². The fraction of sp³-hybridized carbons (Fsp3) is 0.800. The molecule has 1 heterocycles. The number of nitrogens with one attached hydrogen (secondary N) is 1. The van der Waals surface area contributed by atoms with E-state index >= 15 is 0 Å². The van der Waals surface area contributed by atoms with Crippen molar-refractivity contribution >= 4 is 0 Å². The van der Waals surface area contributed by atoms with Crippen molar-refractivity contribution < 1.29 is 4.74 Å². The van der Waals surface area contributed by atoms with Crippen LogP contribution < -0.4 is 11.3 Å². The first kappa shape index (κ1) is 13.1. The predicted molar refractivity (Wildman–Crippen MR) is 61.5 cm³/mol. The van der Waals surface area contributed by atoms with E-state index in [9.17, 15) is 0 Å². The van der Waals surface area contributed by atoms with Gasteiger partial charge in [-0.3, -0.25) is 16.0 Å². The number of aryl methyl sites for hydroxylation is 1. The topological polar surface area (TPSA) is 78.0 Å². The summed E-state index contributed by atoms with van der Waals surface area (Å²) in [5, 5.41) is 4.03. The van der Waals surface area contributed by atoms with E-state index in [1.165, 1.54) is 0 Å². The molecule has 92 valence electrons. The maximum absolute atomic E-state index is 5.63. The Bertz CT molecular complexity index is 301. The molecular formula is C10H21N5O. The van der Waals surface area contributed by atoms with Gasteiger partial charge < -0.3 is 4.74 Å². The number of nitrogens with zero attached hydrogens (tertiary/aromatic N) is 3. The average molecular weight is 227 g/mol. The molecular weight excluding hydrogens is 206 g/mol. The minimum absolute atomic E-state index is 0.0628. The largest absolute Gasteiger partial charge is 0.377 e. The fourth-order valence-corrected chi connectivity index (χ4v) is 1.73. The zero-order chi connectivity index (χ0) is 12.0. The Morgan fingerprint density at radius 2 is 2.31 bits per heavy atom. The van der Waals surface area contributed by atoms with Crippen LogP contribution in [0.5, 0.6) is 0 Å². The smallest absolute Gasteiger partial charge is 0.138 e. The first-order valence-electron chi connectivity index (χ1n) is 5.63. The van der Waals surface area contributed by atoms with Crippen molar-refractivity contribution in [3.8, 4) is 0 Å². The quantitative estimate of drug-likeness (QED) is 0.506. The van der Waals surface area contributed by atoms with Gasteiger partial charge in [-0.2, -0.15) is 5.10 Å². The highest BCUT2D eigenvalue weighted by molar-refractivity contribution is 4.91. The highest BCUT2D eigenvalue weighted by Crippen LogP contribution is 2.08. The Morgan fingerprint density at radius 1 is 1.56 bits per heavy atom. The molecule has 0 bridgehead atoms. The number of nitrogens with two attached hydrogens (primary N) is 1. The van der Waals surface area contributed by atoms with Crippen molar-refractivity contribution in [2.45, 2.75) is 38.8 Å². The molecule has 6 heteroatoms. The van der Waals surface area contributed by atoms with E-state index in [4.69, 9.17) is 10.6 Å². The summed E-state index contributed by atoms with van der Waals surface area (Å²) in [6.45, 7) is 4.76. The number of aromatic nitrogens is 3. The molecule has 1 rings (SSSR count). The third-order valence-electron chi connectivity index (χ3n) is 2.65. The third kappa shape index (κ3) is 3.26. The van der Waals surface area contributed by atoms with Crippen LogP contribution in [0.1, 0.15) is 26.1 Å². The van der Waals surface area contributed by atoms with Crippen LogP contribution in [0.15, 0.2) is 6.33 Å². The second-order valence-corrected chi connectivity index (χ2v) is 3.68. The highest BCUT2D eigenvalue weighted by atomic mass is 16.5. The van der Waals surface area contributed by atoms with E-state index in [2.05, 4.69) is 22.4 Å². The molecule has 0 saturated carbocycles. The normalized spacial score (nSPS) is 15.0. The Morgan fingerprint density at radius 3 is 2.75 bits per heavy atom. The van der Waals surface area contributed by atoms with Gasteiger partial charge in [0.2, 0.25) is 0 Å². The minimum Gasteiger partial charge on any atom is -0.377 e. The summed E-state index contributed by atoms with van der Waals surface area (Å²) in [6, 6.07) is 0.0628. The van der Waals surface area contributed by atoms with Gasteiger partial charge in [-0.1, -0.05) is 6.92 Å². The molecule has 0 saturated heterocycles. The average Bonchev–Trinajstić information content (AvgIpc) is 2.69. The van der Waals surface area contributed by atoms with Crippen LogP contribution in [0.3, 0.4) is 0 Å². The zero-order valence-electron chi connectivity index (χ0n) is 10.2. The zero-order valence-corrected chi connectivity index (χ0v) is 10.2. The second kappa shape index (κ2) is 6.57. The summed E-state index contributed by atoms with van der Waals surface area (Å²) in [4.78, 5) is 4.18. The van der Waals surface area contributed by atoms with Crippen molar-refractivity contribution in [2.75, 3.05) is 6.61 Å². The SMILES string of the molecule is CCOC(CC)C(Cc1ncnn1C)NN. The van der Waals surface area contributed by atoms with Gasteiger partial charge in [0.05, 0.1) is 12.1 Å². The van der Waals surface area contributed by atoms with Crippen molar-refractivity contribution in [1.82, 2.24) is 20.2 Å². The number of rotatable bonds is 7. The molecule has 0 fully saturated rings. The standard InChI is InChI=1S/C10H21N5O/c1-4-9(16-5-2)8(14-11)6-10-12-7-13-15(10)3/h7-9,14H,4-6,11H2,1-3H3. The second-order valence-electron chi connectivity index (χ2n) is 3.68. The summed E-state index contributed by atoms with van der Waals surface area (Å²) >= 11 is 0. The van der Waals surface area contributed by atoms with E-state index in [0.29, 0.717) is 13.0 Å². The van der Waals surface area contributed by atoms with E-state index in [0.717, 1.165) is 12.2 Å². The maximum atomic E-state index is 5.63. The van der Waals surface area contributed by atoms with Crippen LogP contribution in [-0.4, -0.2) is 33.5 Å². The van der Waals surface area contributed by atoms with E-state index < -0.39 is 0 Å². The number of hydrazine groups is 1. The lowest BCUT2D eigenvalue weighted by Gasteiger charge is -2.24. The Balaban J connectivity index is 2.63.